The Balaban J connectivity index is 2.45. The van der Waals surface area contributed by atoms with Crippen molar-refractivity contribution in [2.24, 2.45) is 5.41 Å². The topological polar surface area (TPSA) is 17.1 Å². The zero-order chi connectivity index (χ0) is 10.1. The first-order valence-electron chi connectivity index (χ1n) is 5.11. The Kier molecular flexibility index (Phi) is 3.44. The quantitative estimate of drug-likeness (QED) is 0.627. The van der Waals surface area contributed by atoms with Gasteiger partial charge >= 0.3 is 0 Å². The van der Waals surface area contributed by atoms with Crippen molar-refractivity contribution in [3.8, 4) is 0 Å². The lowest BCUT2D eigenvalue weighted by Crippen LogP contribution is -2.31. The van der Waals surface area contributed by atoms with Crippen molar-refractivity contribution < 1.29 is 4.79 Å². The van der Waals surface area contributed by atoms with Crippen LogP contribution in [0.25, 0.3) is 0 Å². The molecule has 0 amide bonds. The molecule has 13 heavy (non-hydrogen) atoms. The van der Waals surface area contributed by atoms with Gasteiger partial charge < -0.3 is 0 Å². The van der Waals surface area contributed by atoms with Crippen LogP contribution < -0.4 is 0 Å². The van der Waals surface area contributed by atoms with Gasteiger partial charge in [0.15, 0.2) is 11.5 Å². The Bertz CT molecular complexity index is 193. The SMILES string of the molecule is CC1CCC[S+]1CC(=O)C(C)(C)C. The van der Waals surface area contributed by atoms with Crippen LogP contribution >= 0.6 is 0 Å². The molecule has 1 rings (SSSR count). The Morgan fingerprint density at radius 1 is 1.46 bits per heavy atom. The van der Waals surface area contributed by atoms with Crippen LogP contribution in [-0.2, 0) is 15.7 Å². The standard InChI is InChI=1S/C11H21OS/c1-9-6-5-7-13(9)8-10(12)11(2,3)4/h9H,5-8H2,1-4H3/q+1. The van der Waals surface area contributed by atoms with E-state index in [-0.39, 0.29) is 5.41 Å². The molecule has 0 N–H and O–H groups in total. The van der Waals surface area contributed by atoms with Gasteiger partial charge in [0, 0.05) is 5.41 Å². The van der Waals surface area contributed by atoms with Gasteiger partial charge in [0.2, 0.25) is 0 Å². The maximum Gasteiger partial charge on any atom is 0.187 e. The molecule has 0 bridgehead atoms. The lowest BCUT2D eigenvalue weighted by atomic mass is 9.92. The van der Waals surface area contributed by atoms with Gasteiger partial charge in [-0.25, -0.2) is 0 Å². The maximum atomic E-state index is 11.8. The van der Waals surface area contributed by atoms with Gasteiger partial charge in [-0.05, 0) is 30.7 Å². The number of rotatable bonds is 2. The molecule has 1 aliphatic heterocycles. The third-order valence-corrected chi connectivity index (χ3v) is 5.56. The smallest absolute Gasteiger partial charge is 0.187 e. The molecule has 0 aromatic heterocycles. The largest absolute Gasteiger partial charge is 0.294 e. The van der Waals surface area contributed by atoms with Gasteiger partial charge in [0.25, 0.3) is 0 Å². The molecule has 1 fully saturated rings. The molecular formula is C11H21OS+. The molecule has 0 radical (unpaired) electrons. The van der Waals surface area contributed by atoms with E-state index in [4.69, 9.17) is 0 Å². The summed E-state index contributed by atoms with van der Waals surface area (Å²) in [5.74, 6) is 2.58. The molecule has 0 spiro atoms. The van der Waals surface area contributed by atoms with E-state index in [0.29, 0.717) is 16.7 Å². The van der Waals surface area contributed by atoms with E-state index in [2.05, 4.69) is 6.92 Å². The van der Waals surface area contributed by atoms with Gasteiger partial charge in [-0.15, -0.1) is 0 Å². The zero-order valence-corrected chi connectivity index (χ0v) is 10.0. The lowest BCUT2D eigenvalue weighted by Gasteiger charge is -2.16. The Morgan fingerprint density at radius 2 is 2.08 bits per heavy atom. The minimum atomic E-state index is -0.130. The summed E-state index contributed by atoms with van der Waals surface area (Å²) < 4.78 is 0. The number of carbonyl (C=O) groups excluding carboxylic acids is 1. The molecule has 2 atom stereocenters. The molecule has 2 unspecified atom stereocenters. The predicted molar refractivity (Wildman–Crippen MR) is 60.3 cm³/mol. The summed E-state index contributed by atoms with van der Waals surface area (Å²) in [6.45, 7) is 8.38. The highest BCUT2D eigenvalue weighted by Gasteiger charge is 2.37. The summed E-state index contributed by atoms with van der Waals surface area (Å²) in [5, 5.41) is 0.797. The molecule has 0 aromatic carbocycles. The van der Waals surface area contributed by atoms with Gasteiger partial charge in [-0.1, -0.05) is 20.8 Å². The summed E-state index contributed by atoms with van der Waals surface area (Å²) in [4.78, 5) is 11.8. The van der Waals surface area contributed by atoms with Gasteiger partial charge in [-0.3, -0.25) is 4.79 Å². The van der Waals surface area contributed by atoms with Crippen LogP contribution in [-0.4, -0.2) is 22.5 Å². The monoisotopic (exact) mass is 201 g/mol. The Hall–Kier alpha value is 0.0200. The van der Waals surface area contributed by atoms with E-state index in [1.54, 1.807) is 0 Å². The Labute approximate surface area is 84.6 Å². The highest BCUT2D eigenvalue weighted by Crippen LogP contribution is 2.25. The van der Waals surface area contributed by atoms with Crippen molar-refractivity contribution in [3.05, 3.63) is 0 Å². The first-order chi connectivity index (χ1) is 5.91. The van der Waals surface area contributed by atoms with E-state index in [1.165, 1.54) is 18.6 Å². The van der Waals surface area contributed by atoms with Crippen LogP contribution in [0.15, 0.2) is 0 Å². The fourth-order valence-electron chi connectivity index (χ4n) is 1.52. The number of carbonyl (C=O) groups is 1. The third kappa shape index (κ3) is 3.01. The molecular weight excluding hydrogens is 180 g/mol. The number of ketones is 1. The fraction of sp³-hybridized carbons (Fsp3) is 0.909. The number of hydrogen-bond donors (Lipinski definition) is 0. The van der Waals surface area contributed by atoms with Gasteiger partial charge in [-0.2, -0.15) is 0 Å². The van der Waals surface area contributed by atoms with Gasteiger partial charge in [0.1, 0.15) is 11.0 Å². The van der Waals surface area contributed by atoms with Crippen molar-refractivity contribution in [1.29, 1.82) is 0 Å². The number of Topliss-reactive ketones (excluding diaryl/α,β-unsaturated/α-hetero) is 1. The summed E-state index contributed by atoms with van der Waals surface area (Å²) in [6, 6.07) is 0. The summed E-state index contributed by atoms with van der Waals surface area (Å²) in [6.07, 6.45) is 2.67. The maximum absolute atomic E-state index is 11.8. The molecule has 0 saturated carbocycles. The first kappa shape index (κ1) is 11.1. The van der Waals surface area contributed by atoms with Crippen molar-refractivity contribution in [3.63, 3.8) is 0 Å². The minimum Gasteiger partial charge on any atom is -0.294 e. The molecule has 0 aliphatic carbocycles. The Morgan fingerprint density at radius 3 is 2.46 bits per heavy atom. The van der Waals surface area contributed by atoms with E-state index in [1.807, 2.05) is 20.8 Å². The van der Waals surface area contributed by atoms with Crippen LogP contribution in [0.1, 0.15) is 40.5 Å². The van der Waals surface area contributed by atoms with E-state index in [9.17, 15) is 4.79 Å². The van der Waals surface area contributed by atoms with Crippen LogP contribution in [0.2, 0.25) is 0 Å². The van der Waals surface area contributed by atoms with Crippen LogP contribution in [0.3, 0.4) is 0 Å². The summed E-state index contributed by atoms with van der Waals surface area (Å²) >= 11 is 0. The summed E-state index contributed by atoms with van der Waals surface area (Å²) in [7, 11) is 0.402. The molecule has 76 valence electrons. The molecule has 2 heteroatoms. The second kappa shape index (κ2) is 4.04. The highest BCUT2D eigenvalue weighted by molar-refractivity contribution is 7.98. The van der Waals surface area contributed by atoms with Crippen LogP contribution in [0.5, 0.6) is 0 Å². The average Bonchev–Trinajstić information content (AvgIpc) is 2.34. The fourth-order valence-corrected chi connectivity index (χ4v) is 4.16. The van der Waals surface area contributed by atoms with Crippen LogP contribution in [0, 0.1) is 5.41 Å². The predicted octanol–water partition coefficient (Wildman–Crippen LogP) is 2.40. The normalized spacial score (nSPS) is 29.2. The average molecular weight is 201 g/mol. The second-order valence-electron chi connectivity index (χ2n) is 5.01. The molecule has 1 saturated heterocycles. The van der Waals surface area contributed by atoms with Crippen molar-refractivity contribution in [2.45, 2.75) is 45.8 Å². The highest BCUT2D eigenvalue weighted by atomic mass is 32.2. The first-order valence-corrected chi connectivity index (χ1v) is 6.73. The minimum absolute atomic E-state index is 0.130. The van der Waals surface area contributed by atoms with E-state index < -0.39 is 0 Å². The second-order valence-corrected chi connectivity index (χ2v) is 7.59. The zero-order valence-electron chi connectivity index (χ0n) is 9.22. The summed E-state index contributed by atoms with van der Waals surface area (Å²) in [5.41, 5.74) is -0.130. The van der Waals surface area contributed by atoms with Crippen molar-refractivity contribution in [1.82, 2.24) is 0 Å². The molecule has 1 heterocycles. The van der Waals surface area contributed by atoms with E-state index >= 15 is 0 Å². The molecule has 1 nitrogen and oxygen atoms in total. The van der Waals surface area contributed by atoms with Crippen molar-refractivity contribution >= 4 is 16.7 Å². The lowest BCUT2D eigenvalue weighted by molar-refractivity contribution is -0.123. The molecule has 0 aromatic rings. The number of hydrogen-bond acceptors (Lipinski definition) is 1. The van der Waals surface area contributed by atoms with Crippen LogP contribution in [0.4, 0.5) is 0 Å². The third-order valence-electron chi connectivity index (χ3n) is 2.74. The molecule has 1 aliphatic rings. The van der Waals surface area contributed by atoms with Gasteiger partial charge in [0.05, 0.1) is 0 Å². The van der Waals surface area contributed by atoms with E-state index in [0.717, 1.165) is 11.0 Å². The van der Waals surface area contributed by atoms with Crippen molar-refractivity contribution in [2.75, 3.05) is 11.5 Å².